The van der Waals surface area contributed by atoms with Gasteiger partial charge in [0.05, 0.1) is 0 Å². The van der Waals surface area contributed by atoms with Crippen molar-refractivity contribution in [3.63, 3.8) is 0 Å². The molecule has 10 nitrogen and oxygen atoms in total. The van der Waals surface area contributed by atoms with E-state index in [0.29, 0.717) is 31.1 Å². The van der Waals surface area contributed by atoms with Crippen molar-refractivity contribution in [3.8, 4) is 0 Å². The molecule has 0 radical (unpaired) electrons. The number of carbonyl (C=O) groups is 3. The monoisotopic (exact) mass is 704 g/mol. The molecule has 0 aromatic heterocycles. The van der Waals surface area contributed by atoms with Crippen molar-refractivity contribution in [2.75, 3.05) is 0 Å². The molecule has 5 rings (SSSR count). The standard InChI is InChI=1S/C34H54N4O6.Mg.3Na/c1-7-20-15(3)23-13-27-21(8-2)16(4)31(37-27)18(6)32-19(9-10-28(39)40)11-25(38-32)22(12-29(41)42)33-30(34(43)44)17(5)24(36-33)14-26(20)35-23;;;;/h8,15-27,30-33,35,38H,2,7,9-14H2,1,3-6H3,(H,39,40)(H,41,42)(H,43,44);;;;/q-2;+2;3*+1/p-3/t15?,16?,17?,18?,19-,20?,21?,22?,23?,24?,25?,26?,27?,30?,31?,32?,33?;;;;/m1..../s1. The number of aliphatic carboxylic acids is 3. The Morgan fingerprint density at radius 1 is 0.771 bits per heavy atom. The molecule has 48 heavy (non-hydrogen) atoms. The van der Waals surface area contributed by atoms with Crippen LogP contribution in [0, 0.1) is 53.3 Å². The molecule has 5 aliphatic heterocycles. The van der Waals surface area contributed by atoms with Gasteiger partial charge in [-0.3, -0.25) is 0 Å². The number of nitrogens with one attached hydrogen (secondary N) is 2. The minimum absolute atomic E-state index is 0. The minimum Gasteiger partial charge on any atom is -0.656 e. The third-order valence-electron chi connectivity index (χ3n) is 12.8. The van der Waals surface area contributed by atoms with E-state index < -0.39 is 35.8 Å². The number of carboxylic acids is 3. The second-order valence-corrected chi connectivity index (χ2v) is 14.9. The molecule has 0 aromatic carbocycles. The van der Waals surface area contributed by atoms with E-state index in [2.05, 4.69) is 51.0 Å². The number of rotatable bonds is 8. The van der Waals surface area contributed by atoms with Gasteiger partial charge < -0.3 is 51.0 Å². The van der Waals surface area contributed by atoms with E-state index >= 15 is 0 Å². The predicted molar refractivity (Wildman–Crippen MR) is 166 cm³/mol. The summed E-state index contributed by atoms with van der Waals surface area (Å²) in [5.41, 5.74) is 0. The number of carboxylic acid groups (broad SMARTS) is 3. The summed E-state index contributed by atoms with van der Waals surface area (Å²) in [6.07, 6.45) is 5.15. The molecule has 2 N–H and O–H groups in total. The van der Waals surface area contributed by atoms with Crippen molar-refractivity contribution < 1.29 is 118 Å². The Bertz CT molecular complexity index is 1110. The van der Waals surface area contributed by atoms with Gasteiger partial charge in [-0.05, 0) is 67.1 Å². The van der Waals surface area contributed by atoms with Gasteiger partial charge in [0, 0.05) is 42.1 Å². The molecule has 5 heterocycles. The van der Waals surface area contributed by atoms with Gasteiger partial charge in [-0.25, -0.2) is 0 Å². The molecule has 0 saturated carbocycles. The Morgan fingerprint density at radius 3 is 1.94 bits per heavy atom. The van der Waals surface area contributed by atoms with Crippen LogP contribution in [0.15, 0.2) is 12.7 Å². The Balaban J connectivity index is 0.00000288. The van der Waals surface area contributed by atoms with Gasteiger partial charge in [-0.15, -0.1) is 30.7 Å². The van der Waals surface area contributed by atoms with Gasteiger partial charge in [0.15, 0.2) is 0 Å². The average Bonchev–Trinajstić information content (AvgIpc) is 3.68. The van der Waals surface area contributed by atoms with Crippen LogP contribution in [0.2, 0.25) is 0 Å². The van der Waals surface area contributed by atoms with E-state index in [1.807, 2.05) is 6.92 Å². The SMILES string of the molecule is C=CC1C2CC3NC(CC4[N-]C(C(CC(=O)[O-])C5C[C@@H](CCC(=O)[O-])C(N5)C(C)C([N-]2)C1C)C(C(=O)[O-])C4C)C(CC)C3C.[Mg+2].[Na+].[Na+].[Na+]. The first-order valence-corrected chi connectivity index (χ1v) is 17.0. The predicted octanol–water partition coefficient (Wildman–Crippen LogP) is -8.63. The molecule has 0 spiro atoms. The summed E-state index contributed by atoms with van der Waals surface area (Å²) >= 11 is 0. The van der Waals surface area contributed by atoms with Gasteiger partial charge in [-0.2, -0.15) is 0 Å². The fourth-order valence-electron chi connectivity index (χ4n) is 10.5. The van der Waals surface area contributed by atoms with Crippen molar-refractivity contribution in [1.82, 2.24) is 10.6 Å². The third-order valence-corrected chi connectivity index (χ3v) is 12.8. The van der Waals surface area contributed by atoms with Crippen LogP contribution in [-0.2, 0) is 14.4 Å². The van der Waals surface area contributed by atoms with Gasteiger partial charge in [-0.1, -0.05) is 71.8 Å². The first-order valence-electron chi connectivity index (χ1n) is 17.0. The smallest absolute Gasteiger partial charge is 0.656 e. The molecule has 248 valence electrons. The molecule has 0 aliphatic carbocycles. The van der Waals surface area contributed by atoms with Crippen molar-refractivity contribution in [2.24, 2.45) is 53.3 Å². The van der Waals surface area contributed by atoms with Crippen molar-refractivity contribution >= 4 is 41.0 Å². The molecule has 8 bridgehead atoms. The van der Waals surface area contributed by atoms with Crippen LogP contribution in [0.25, 0.3) is 10.6 Å². The molecular weight excluding hydrogens is 654 g/mol. The maximum Gasteiger partial charge on any atom is 2.00 e. The molecule has 5 fully saturated rings. The summed E-state index contributed by atoms with van der Waals surface area (Å²) in [4.78, 5) is 36.4. The summed E-state index contributed by atoms with van der Waals surface area (Å²) in [6.45, 7) is 15.0. The first-order chi connectivity index (χ1) is 20.9. The van der Waals surface area contributed by atoms with Crippen molar-refractivity contribution in [2.45, 2.75) is 128 Å². The molecule has 0 aromatic rings. The van der Waals surface area contributed by atoms with E-state index in [1.165, 1.54) is 0 Å². The summed E-state index contributed by atoms with van der Waals surface area (Å²) in [5.74, 6) is -4.10. The van der Waals surface area contributed by atoms with E-state index in [-0.39, 0.29) is 196 Å². The second-order valence-electron chi connectivity index (χ2n) is 14.9. The fraction of sp³-hybridized carbons (Fsp3) is 0.853. The topological polar surface area (TPSA) is 173 Å². The molecule has 16 unspecified atom stereocenters. The van der Waals surface area contributed by atoms with Crippen LogP contribution >= 0.6 is 0 Å². The Labute approximate surface area is 370 Å². The van der Waals surface area contributed by atoms with Gasteiger partial charge in [0.25, 0.3) is 0 Å². The summed E-state index contributed by atoms with van der Waals surface area (Å²) in [6, 6.07) is -0.901. The van der Waals surface area contributed by atoms with E-state index in [0.717, 1.165) is 12.8 Å². The van der Waals surface area contributed by atoms with Crippen LogP contribution in [0.5, 0.6) is 0 Å². The minimum atomic E-state index is -1.24. The fourth-order valence-corrected chi connectivity index (χ4v) is 10.5. The van der Waals surface area contributed by atoms with Gasteiger partial charge in [0.2, 0.25) is 0 Å². The molecule has 5 saturated heterocycles. The molecular formula is C34H51MgN4Na3O6. The zero-order chi connectivity index (χ0) is 32.0. The average molecular weight is 705 g/mol. The van der Waals surface area contributed by atoms with Crippen LogP contribution in [0.3, 0.4) is 0 Å². The quantitative estimate of drug-likeness (QED) is 0.185. The maximum absolute atomic E-state index is 12.7. The first kappa shape index (κ1) is 47.8. The van der Waals surface area contributed by atoms with Crippen LogP contribution in [0.1, 0.15) is 79.6 Å². The zero-order valence-corrected chi connectivity index (χ0v) is 38.0. The normalized spacial score (nSPS) is 44.6. The zero-order valence-electron chi connectivity index (χ0n) is 30.6. The molecule has 14 heteroatoms. The number of fused-ring (bicyclic) bond motifs is 8. The number of hydrogen-bond acceptors (Lipinski definition) is 8. The van der Waals surface area contributed by atoms with Crippen LogP contribution in [0.4, 0.5) is 0 Å². The second kappa shape index (κ2) is 20.4. The summed E-state index contributed by atoms with van der Waals surface area (Å²) in [5, 5.41) is 54.6. The van der Waals surface area contributed by atoms with Gasteiger partial charge >= 0.3 is 112 Å². The molecule has 0 amide bonds. The molecule has 17 atom stereocenters. The largest absolute Gasteiger partial charge is 2.00 e. The van der Waals surface area contributed by atoms with E-state index in [4.69, 9.17) is 10.6 Å². The van der Waals surface area contributed by atoms with Crippen molar-refractivity contribution in [1.29, 1.82) is 0 Å². The van der Waals surface area contributed by atoms with Crippen molar-refractivity contribution in [3.05, 3.63) is 23.3 Å². The Hall–Kier alpha value is 1.76. The Morgan fingerprint density at radius 2 is 1.38 bits per heavy atom. The summed E-state index contributed by atoms with van der Waals surface area (Å²) < 4.78 is 0. The third kappa shape index (κ3) is 9.89. The van der Waals surface area contributed by atoms with Crippen LogP contribution < -0.4 is 115 Å². The van der Waals surface area contributed by atoms with Crippen LogP contribution in [-0.4, -0.2) is 89.3 Å². The molecule has 5 aliphatic rings. The van der Waals surface area contributed by atoms with E-state index in [9.17, 15) is 29.7 Å². The Kier molecular flexibility index (Phi) is 20.3. The maximum atomic E-state index is 12.7. The number of hydrogen-bond donors (Lipinski definition) is 2. The van der Waals surface area contributed by atoms with Gasteiger partial charge in [0.1, 0.15) is 0 Å². The number of carbonyl (C=O) groups excluding carboxylic acids is 3. The summed E-state index contributed by atoms with van der Waals surface area (Å²) in [7, 11) is 0. The van der Waals surface area contributed by atoms with E-state index in [1.54, 1.807) is 0 Å². The number of nitrogens with zero attached hydrogens (tertiary/aromatic N) is 2.